The summed E-state index contributed by atoms with van der Waals surface area (Å²) in [5, 5.41) is 24.5. The number of oxime groups is 1. The van der Waals surface area contributed by atoms with E-state index in [1.54, 1.807) is 41.3 Å². The number of aliphatic hydroxyl groups excluding tert-OH is 2. The van der Waals surface area contributed by atoms with Crippen molar-refractivity contribution in [3.05, 3.63) is 114 Å². The molecule has 1 fully saturated rings. The van der Waals surface area contributed by atoms with Gasteiger partial charge in [0.15, 0.2) is 11.5 Å². The Morgan fingerprint density at radius 3 is 2.51 bits per heavy atom. The minimum atomic E-state index is -1.50. The van der Waals surface area contributed by atoms with E-state index in [1.807, 2.05) is 36.4 Å². The highest BCUT2D eigenvalue weighted by atomic mass is 16.7. The van der Waals surface area contributed by atoms with Gasteiger partial charge >= 0.3 is 6.09 Å². The second kappa shape index (κ2) is 20.3. The second-order valence-corrected chi connectivity index (χ2v) is 15.8. The van der Waals surface area contributed by atoms with Gasteiger partial charge in [0.05, 0.1) is 24.8 Å². The maximum absolute atomic E-state index is 14.6. The lowest BCUT2D eigenvalue weighted by Gasteiger charge is -2.59. The number of aliphatic hydroxyl groups is 2. The molecule has 6 atom stereocenters. The van der Waals surface area contributed by atoms with Crippen LogP contribution in [-0.4, -0.2) is 85.4 Å². The van der Waals surface area contributed by atoms with Gasteiger partial charge in [0.2, 0.25) is 12.6 Å². The summed E-state index contributed by atoms with van der Waals surface area (Å²) in [6, 6.07) is 17.5. The number of aldehydes is 1. The van der Waals surface area contributed by atoms with Crippen LogP contribution >= 0.6 is 0 Å². The standard InChI is InChI=1S/C48H56N2O11/c1-4-6-23-56-47(54)50(29-32-16-18-42-43(25-32)58-31-57-42)44-28-40(49-55-3)38-26-34(13-7-9-20-51)37(15-8-10-21-52)45-39-27-36(60-35-14-11-12-33(24-35)30-53)17-19-41(39)61-48(44,46(38)45)59-22-5-2/h4-5,11-12,14,16-19,24-27,30,34,37,44-46,51-52H,1-2,6-10,13,15,20-23,28-29,31H2,3H3. The molecule has 324 valence electrons. The number of rotatable bonds is 21. The fourth-order valence-electron chi connectivity index (χ4n) is 9.46. The monoisotopic (exact) mass is 836 g/mol. The van der Waals surface area contributed by atoms with E-state index in [0.717, 1.165) is 48.7 Å². The topological polar surface area (TPSA) is 155 Å². The fraction of sp³-hybridized carbons (Fsp3) is 0.438. The predicted molar refractivity (Wildman–Crippen MR) is 228 cm³/mol. The van der Waals surface area contributed by atoms with Crippen LogP contribution in [0.25, 0.3) is 0 Å². The maximum atomic E-state index is 14.6. The first-order valence-electron chi connectivity index (χ1n) is 21.2. The van der Waals surface area contributed by atoms with Crippen LogP contribution in [0, 0.1) is 17.8 Å². The van der Waals surface area contributed by atoms with Crippen LogP contribution in [0.4, 0.5) is 4.79 Å². The Labute approximate surface area is 357 Å². The molecule has 0 saturated heterocycles. The SMILES string of the molecule is C=CCCOC(=O)N(Cc1ccc2c(c1)OCO2)C1CC(=NOC)C2=CC(CCCCO)C(CCCCO)C3c4cc(Oc5cccc(C=O)c5)ccc4OC1(OCC=C)C23. The van der Waals surface area contributed by atoms with E-state index >= 15 is 0 Å². The molecule has 1 amide bonds. The molecule has 2 heterocycles. The molecule has 3 aromatic rings. The van der Waals surface area contributed by atoms with Crippen LogP contribution in [0.2, 0.25) is 0 Å². The number of fused-ring (bicyclic) bond motifs is 3. The number of ether oxygens (including phenoxy) is 6. The first-order valence-corrected chi connectivity index (χ1v) is 21.2. The highest BCUT2D eigenvalue weighted by Crippen LogP contribution is 2.62. The third-order valence-electron chi connectivity index (χ3n) is 12.0. The molecule has 2 N–H and O–H groups in total. The lowest BCUT2D eigenvalue weighted by molar-refractivity contribution is -0.256. The first-order chi connectivity index (χ1) is 29.9. The van der Waals surface area contributed by atoms with Gasteiger partial charge in [-0.3, -0.25) is 9.69 Å². The number of unbranched alkanes of at least 4 members (excludes halogenated alkanes) is 2. The Hall–Kier alpha value is -5.63. The van der Waals surface area contributed by atoms with Crippen LogP contribution < -0.4 is 18.9 Å². The van der Waals surface area contributed by atoms with Crippen molar-refractivity contribution in [1.82, 2.24) is 4.90 Å². The van der Waals surface area contributed by atoms with Gasteiger partial charge in [0.25, 0.3) is 0 Å². The van der Waals surface area contributed by atoms with E-state index in [4.69, 9.17) is 33.3 Å². The molecule has 2 aliphatic heterocycles. The average molecular weight is 837 g/mol. The van der Waals surface area contributed by atoms with Gasteiger partial charge in [0, 0.05) is 43.2 Å². The number of hydrogen-bond donors (Lipinski definition) is 2. The van der Waals surface area contributed by atoms with Crippen molar-refractivity contribution in [3.63, 3.8) is 0 Å². The Morgan fingerprint density at radius 2 is 1.74 bits per heavy atom. The van der Waals surface area contributed by atoms with Crippen LogP contribution in [0.5, 0.6) is 28.7 Å². The van der Waals surface area contributed by atoms with Crippen molar-refractivity contribution in [2.24, 2.45) is 22.9 Å². The van der Waals surface area contributed by atoms with Gasteiger partial charge in [0.1, 0.15) is 36.7 Å². The molecule has 1 saturated carbocycles. The normalized spacial score (nSPS) is 23.8. The van der Waals surface area contributed by atoms with Gasteiger partial charge in [-0.1, -0.05) is 54.4 Å². The van der Waals surface area contributed by atoms with Crippen molar-refractivity contribution in [2.45, 2.75) is 75.7 Å². The molecule has 2 aliphatic carbocycles. The third-order valence-corrected chi connectivity index (χ3v) is 12.0. The summed E-state index contributed by atoms with van der Waals surface area (Å²) in [5.74, 6) is 0.588. The van der Waals surface area contributed by atoms with Crippen LogP contribution in [0.15, 0.2) is 103 Å². The first kappa shape index (κ1) is 43.5. The lowest BCUT2D eigenvalue weighted by Crippen LogP contribution is -2.70. The maximum Gasteiger partial charge on any atom is 0.410 e. The molecule has 0 bridgehead atoms. The Kier molecular flexibility index (Phi) is 14.5. The second-order valence-electron chi connectivity index (χ2n) is 15.8. The van der Waals surface area contributed by atoms with E-state index in [2.05, 4.69) is 24.4 Å². The van der Waals surface area contributed by atoms with Crippen molar-refractivity contribution in [1.29, 1.82) is 0 Å². The molecule has 61 heavy (non-hydrogen) atoms. The van der Waals surface area contributed by atoms with Gasteiger partial charge in [-0.25, -0.2) is 4.79 Å². The zero-order valence-electron chi connectivity index (χ0n) is 34.7. The van der Waals surface area contributed by atoms with Crippen LogP contribution in [0.1, 0.15) is 78.8 Å². The summed E-state index contributed by atoms with van der Waals surface area (Å²) >= 11 is 0. The molecule has 13 nitrogen and oxygen atoms in total. The smallest absolute Gasteiger partial charge is 0.410 e. The number of carbonyl (C=O) groups is 2. The third kappa shape index (κ3) is 9.34. The summed E-state index contributed by atoms with van der Waals surface area (Å²) in [6.45, 7) is 8.42. The van der Waals surface area contributed by atoms with Gasteiger partial charge < -0.3 is 43.5 Å². The quantitative estimate of drug-likeness (QED) is 0.0460. The van der Waals surface area contributed by atoms with Crippen molar-refractivity contribution >= 4 is 18.1 Å². The summed E-state index contributed by atoms with van der Waals surface area (Å²) in [5.41, 5.74) is 3.72. The summed E-state index contributed by atoms with van der Waals surface area (Å²) in [7, 11) is 1.51. The van der Waals surface area contributed by atoms with E-state index in [1.165, 1.54) is 7.11 Å². The Balaban J connectivity index is 1.43. The zero-order chi connectivity index (χ0) is 42.8. The minimum absolute atomic E-state index is 0.00591. The average Bonchev–Trinajstić information content (AvgIpc) is 3.75. The number of nitrogens with zero attached hydrogens (tertiary/aromatic N) is 2. The summed E-state index contributed by atoms with van der Waals surface area (Å²) in [6.07, 6.45) is 11.0. The molecule has 0 spiro atoms. The van der Waals surface area contributed by atoms with Crippen LogP contribution in [0.3, 0.4) is 0 Å². The number of allylic oxidation sites excluding steroid dienone is 1. The Morgan fingerprint density at radius 1 is 0.951 bits per heavy atom. The molecule has 0 radical (unpaired) electrons. The van der Waals surface area contributed by atoms with E-state index in [9.17, 15) is 19.8 Å². The summed E-state index contributed by atoms with van der Waals surface area (Å²) < 4.78 is 38.1. The molecule has 6 unspecified atom stereocenters. The lowest BCUT2D eigenvalue weighted by atomic mass is 9.55. The molecule has 4 aliphatic rings. The van der Waals surface area contributed by atoms with Crippen molar-refractivity contribution in [3.8, 4) is 28.7 Å². The van der Waals surface area contributed by atoms with Crippen molar-refractivity contribution in [2.75, 3.05) is 40.3 Å². The minimum Gasteiger partial charge on any atom is -0.459 e. The highest BCUT2D eigenvalue weighted by Gasteiger charge is 2.65. The molecule has 13 heteroatoms. The fourth-order valence-corrected chi connectivity index (χ4v) is 9.46. The largest absolute Gasteiger partial charge is 0.459 e. The molecule has 0 aromatic heterocycles. The van der Waals surface area contributed by atoms with E-state index in [-0.39, 0.29) is 63.9 Å². The number of hydrogen-bond acceptors (Lipinski definition) is 12. The van der Waals surface area contributed by atoms with Crippen LogP contribution in [-0.2, 0) is 20.9 Å². The number of amides is 1. The number of benzene rings is 3. The predicted octanol–water partition coefficient (Wildman–Crippen LogP) is 8.50. The molecule has 7 rings (SSSR count). The Bertz CT molecular complexity index is 2100. The molecular weight excluding hydrogens is 781 g/mol. The van der Waals surface area contributed by atoms with Crippen molar-refractivity contribution < 1.29 is 53.1 Å². The van der Waals surface area contributed by atoms with Gasteiger partial charge in [-0.2, -0.15) is 0 Å². The molecular formula is C48H56N2O11. The van der Waals surface area contributed by atoms with Gasteiger partial charge in [-0.05, 0) is 97.5 Å². The van der Waals surface area contributed by atoms with E-state index < -0.39 is 23.8 Å². The number of carbonyl (C=O) groups excluding carboxylic acids is 2. The molecule has 3 aromatic carbocycles. The van der Waals surface area contributed by atoms with Gasteiger partial charge in [-0.15, -0.1) is 13.2 Å². The zero-order valence-corrected chi connectivity index (χ0v) is 34.7. The summed E-state index contributed by atoms with van der Waals surface area (Å²) in [4.78, 5) is 33.5. The highest BCUT2D eigenvalue weighted by molar-refractivity contribution is 6.03. The van der Waals surface area contributed by atoms with E-state index in [0.29, 0.717) is 59.3 Å².